The molecule has 0 radical (unpaired) electrons. The molecule has 1 amide bonds. The fourth-order valence-corrected chi connectivity index (χ4v) is 3.67. The Hall–Kier alpha value is -1.62. The second-order valence-electron chi connectivity index (χ2n) is 6.91. The molecule has 0 saturated carbocycles. The molecule has 0 unspecified atom stereocenters. The number of aryl methyl sites for hydroxylation is 1. The summed E-state index contributed by atoms with van der Waals surface area (Å²) in [4.78, 5) is 16.4. The molecule has 1 aliphatic rings. The minimum absolute atomic E-state index is 0.0867. The molecular formula is C19H22F3IN4O. The standard InChI is InChI=1S/C19H22F3IN4O/c1-14-17(23)12-24-27(14)6-5-18(28)26-9-7-25(8-10-26)13-15-3-2-4-16(11-15)19(20,21)22/h2-4,11-12H,5-10,13H2,1H3. The van der Waals surface area contributed by atoms with Gasteiger partial charge in [-0.1, -0.05) is 18.2 Å². The third-order valence-electron chi connectivity index (χ3n) is 4.97. The highest BCUT2D eigenvalue weighted by Gasteiger charge is 2.30. The Kier molecular flexibility index (Phi) is 6.64. The van der Waals surface area contributed by atoms with Gasteiger partial charge >= 0.3 is 6.18 Å². The van der Waals surface area contributed by atoms with Crippen molar-refractivity contribution in [2.24, 2.45) is 0 Å². The van der Waals surface area contributed by atoms with Gasteiger partial charge in [0.15, 0.2) is 0 Å². The summed E-state index contributed by atoms with van der Waals surface area (Å²) in [7, 11) is 0. The Labute approximate surface area is 175 Å². The van der Waals surface area contributed by atoms with Gasteiger partial charge in [0.1, 0.15) is 0 Å². The van der Waals surface area contributed by atoms with Crippen molar-refractivity contribution in [3.63, 3.8) is 0 Å². The van der Waals surface area contributed by atoms with Crippen molar-refractivity contribution >= 4 is 28.5 Å². The van der Waals surface area contributed by atoms with Crippen LogP contribution in [-0.2, 0) is 24.1 Å². The van der Waals surface area contributed by atoms with Crippen molar-refractivity contribution in [1.82, 2.24) is 19.6 Å². The van der Waals surface area contributed by atoms with E-state index in [9.17, 15) is 18.0 Å². The van der Waals surface area contributed by atoms with Gasteiger partial charge in [0.25, 0.3) is 0 Å². The highest BCUT2D eigenvalue weighted by Crippen LogP contribution is 2.29. The number of alkyl halides is 3. The largest absolute Gasteiger partial charge is 0.416 e. The van der Waals surface area contributed by atoms with Crippen molar-refractivity contribution in [2.75, 3.05) is 26.2 Å². The van der Waals surface area contributed by atoms with E-state index in [4.69, 9.17) is 0 Å². The van der Waals surface area contributed by atoms with E-state index in [1.807, 2.05) is 16.5 Å². The smallest absolute Gasteiger partial charge is 0.340 e. The van der Waals surface area contributed by atoms with E-state index in [0.29, 0.717) is 51.3 Å². The van der Waals surface area contributed by atoms with Crippen molar-refractivity contribution in [3.8, 4) is 0 Å². The number of hydrogen-bond acceptors (Lipinski definition) is 3. The number of carbonyl (C=O) groups is 1. The predicted octanol–water partition coefficient (Wildman–Crippen LogP) is 3.55. The van der Waals surface area contributed by atoms with Crippen LogP contribution < -0.4 is 0 Å². The summed E-state index contributed by atoms with van der Waals surface area (Å²) in [5.41, 5.74) is 1.07. The summed E-state index contributed by atoms with van der Waals surface area (Å²) >= 11 is 2.22. The lowest BCUT2D eigenvalue weighted by atomic mass is 10.1. The number of rotatable bonds is 5. The van der Waals surface area contributed by atoms with Crippen molar-refractivity contribution < 1.29 is 18.0 Å². The molecule has 28 heavy (non-hydrogen) atoms. The minimum atomic E-state index is -4.33. The zero-order chi connectivity index (χ0) is 20.3. The summed E-state index contributed by atoms with van der Waals surface area (Å²) in [6, 6.07) is 5.44. The van der Waals surface area contributed by atoms with E-state index < -0.39 is 11.7 Å². The summed E-state index contributed by atoms with van der Waals surface area (Å²) in [6.07, 6.45) is -2.15. The van der Waals surface area contributed by atoms with Crippen LogP contribution >= 0.6 is 22.6 Å². The quantitative estimate of drug-likeness (QED) is 0.583. The molecule has 0 bridgehead atoms. The maximum Gasteiger partial charge on any atom is 0.416 e. The predicted molar refractivity (Wildman–Crippen MR) is 108 cm³/mol. The zero-order valence-electron chi connectivity index (χ0n) is 15.5. The van der Waals surface area contributed by atoms with E-state index in [1.165, 1.54) is 12.1 Å². The lowest BCUT2D eigenvalue weighted by molar-refractivity contribution is -0.137. The molecule has 1 fully saturated rings. The lowest BCUT2D eigenvalue weighted by Crippen LogP contribution is -2.48. The normalized spacial score (nSPS) is 15.8. The Morgan fingerprint density at radius 1 is 1.21 bits per heavy atom. The Morgan fingerprint density at radius 2 is 1.93 bits per heavy atom. The molecule has 3 rings (SSSR count). The van der Waals surface area contributed by atoms with E-state index in [-0.39, 0.29) is 5.91 Å². The SMILES string of the molecule is Cc1c(I)cnn1CCC(=O)N1CCN(Cc2cccc(C(F)(F)F)c2)CC1. The van der Waals surface area contributed by atoms with Crippen LogP contribution in [0.2, 0.25) is 0 Å². The molecule has 5 nitrogen and oxygen atoms in total. The fourth-order valence-electron chi connectivity index (χ4n) is 3.27. The van der Waals surface area contributed by atoms with Crippen LogP contribution in [0.5, 0.6) is 0 Å². The van der Waals surface area contributed by atoms with Crippen LogP contribution in [0.15, 0.2) is 30.5 Å². The van der Waals surface area contributed by atoms with Gasteiger partial charge < -0.3 is 4.90 Å². The first-order valence-corrected chi connectivity index (χ1v) is 10.2. The average Bonchev–Trinajstić information content (AvgIpc) is 2.98. The number of hydrogen-bond donors (Lipinski definition) is 0. The van der Waals surface area contributed by atoms with Crippen LogP contribution in [0.3, 0.4) is 0 Å². The summed E-state index contributed by atoms with van der Waals surface area (Å²) in [5, 5.41) is 4.27. The number of carbonyl (C=O) groups excluding carboxylic acids is 1. The molecule has 1 aromatic heterocycles. The first-order valence-electron chi connectivity index (χ1n) is 9.08. The molecule has 152 valence electrons. The van der Waals surface area contributed by atoms with Gasteiger partial charge in [0.2, 0.25) is 5.91 Å². The van der Waals surface area contributed by atoms with Crippen LogP contribution in [0.1, 0.15) is 23.2 Å². The molecule has 9 heteroatoms. The zero-order valence-corrected chi connectivity index (χ0v) is 17.7. The number of amides is 1. The second-order valence-corrected chi connectivity index (χ2v) is 8.07. The van der Waals surface area contributed by atoms with Crippen molar-refractivity contribution in [3.05, 3.63) is 50.9 Å². The first-order chi connectivity index (χ1) is 13.2. The number of halogens is 4. The van der Waals surface area contributed by atoms with Gasteiger partial charge in [-0.25, -0.2) is 0 Å². The van der Waals surface area contributed by atoms with E-state index in [1.54, 1.807) is 12.3 Å². The molecular weight excluding hydrogens is 484 g/mol. The minimum Gasteiger partial charge on any atom is -0.340 e. The number of piperazine rings is 1. The molecule has 2 heterocycles. The van der Waals surface area contributed by atoms with Gasteiger partial charge in [0, 0.05) is 51.4 Å². The van der Waals surface area contributed by atoms with Gasteiger partial charge in [0.05, 0.1) is 15.3 Å². The maximum absolute atomic E-state index is 12.8. The Morgan fingerprint density at radius 3 is 2.54 bits per heavy atom. The van der Waals surface area contributed by atoms with Crippen molar-refractivity contribution in [2.45, 2.75) is 32.6 Å². The molecule has 0 aliphatic carbocycles. The lowest BCUT2D eigenvalue weighted by Gasteiger charge is -2.35. The fraction of sp³-hybridized carbons (Fsp3) is 0.474. The topological polar surface area (TPSA) is 41.4 Å². The Bertz CT molecular complexity index is 829. The van der Waals surface area contributed by atoms with Crippen LogP contribution in [0.4, 0.5) is 13.2 Å². The maximum atomic E-state index is 12.8. The van der Waals surface area contributed by atoms with Crippen molar-refractivity contribution in [1.29, 1.82) is 0 Å². The van der Waals surface area contributed by atoms with Crippen LogP contribution in [0.25, 0.3) is 0 Å². The second kappa shape index (κ2) is 8.81. The molecule has 0 spiro atoms. The highest BCUT2D eigenvalue weighted by molar-refractivity contribution is 14.1. The summed E-state index contributed by atoms with van der Waals surface area (Å²) in [5.74, 6) is 0.0867. The van der Waals surface area contributed by atoms with E-state index in [0.717, 1.165) is 15.3 Å². The van der Waals surface area contributed by atoms with E-state index >= 15 is 0 Å². The third kappa shape index (κ3) is 5.25. The van der Waals surface area contributed by atoms with Crippen LogP contribution in [-0.4, -0.2) is 51.7 Å². The molecule has 2 aromatic rings. The monoisotopic (exact) mass is 506 g/mol. The Balaban J connectivity index is 1.48. The van der Waals surface area contributed by atoms with Gasteiger partial charge in [-0.05, 0) is 41.1 Å². The van der Waals surface area contributed by atoms with Gasteiger partial charge in [-0.15, -0.1) is 0 Å². The van der Waals surface area contributed by atoms with Crippen LogP contribution in [0, 0.1) is 10.5 Å². The molecule has 0 atom stereocenters. The first kappa shape index (κ1) is 21.1. The number of nitrogens with zero attached hydrogens (tertiary/aromatic N) is 4. The van der Waals surface area contributed by atoms with E-state index in [2.05, 4.69) is 32.6 Å². The number of aromatic nitrogens is 2. The molecule has 1 aliphatic heterocycles. The summed E-state index contributed by atoms with van der Waals surface area (Å²) in [6.45, 7) is 5.48. The highest BCUT2D eigenvalue weighted by atomic mass is 127. The van der Waals surface area contributed by atoms with Gasteiger partial charge in [-0.2, -0.15) is 18.3 Å². The average molecular weight is 506 g/mol. The summed E-state index contributed by atoms with van der Waals surface area (Å²) < 4.78 is 41.4. The van der Waals surface area contributed by atoms with Gasteiger partial charge in [-0.3, -0.25) is 14.4 Å². The molecule has 0 N–H and O–H groups in total. The number of benzene rings is 1. The third-order valence-corrected chi connectivity index (χ3v) is 6.03. The molecule has 1 saturated heterocycles. The molecule has 1 aromatic carbocycles.